The van der Waals surface area contributed by atoms with Gasteiger partial charge in [-0.05, 0) is 24.6 Å². The highest BCUT2D eigenvalue weighted by molar-refractivity contribution is 7.93. The molecule has 1 aliphatic rings. The summed E-state index contributed by atoms with van der Waals surface area (Å²) in [6, 6.07) is 0.239. The van der Waals surface area contributed by atoms with Crippen LogP contribution in [0.4, 0.5) is 0 Å². The molecule has 0 aromatic carbocycles. The van der Waals surface area contributed by atoms with Crippen molar-refractivity contribution in [1.82, 2.24) is 8.72 Å². The molecule has 1 fully saturated rings. The Morgan fingerprint density at radius 3 is 2.80 bits per heavy atom. The van der Waals surface area contributed by atoms with E-state index in [4.69, 9.17) is 21.7 Å². The molecule has 20 heavy (non-hydrogen) atoms. The summed E-state index contributed by atoms with van der Waals surface area (Å²) in [4.78, 5) is 17.8. The molecule has 0 unspecified atom stereocenters. The number of nitrogens with two attached hydrogens (primary N) is 1. The summed E-state index contributed by atoms with van der Waals surface area (Å²) < 4.78 is 6.34. The number of rotatable bonds is 6. The molecule has 1 rings (SSSR count). The van der Waals surface area contributed by atoms with Crippen LogP contribution in [0.15, 0.2) is 17.0 Å². The molecule has 1 amide bonds. The summed E-state index contributed by atoms with van der Waals surface area (Å²) in [5, 5.41) is 0. The minimum absolute atomic E-state index is 0.215. The summed E-state index contributed by atoms with van der Waals surface area (Å²) >= 11 is 6.48. The van der Waals surface area contributed by atoms with E-state index in [0.717, 1.165) is 38.2 Å². The maximum absolute atomic E-state index is 11.5. The second-order valence-corrected chi connectivity index (χ2v) is 5.98. The maximum atomic E-state index is 11.5. The number of hydrogen-bond donors (Lipinski definition) is 1. The van der Waals surface area contributed by atoms with Gasteiger partial charge in [-0.15, -0.1) is 3.82 Å². The third-order valence-corrected chi connectivity index (χ3v) is 3.53. The maximum Gasteiger partial charge on any atom is 0.222 e. The average molecular weight is 321 g/mol. The molecule has 0 aromatic rings. The zero-order valence-electron chi connectivity index (χ0n) is 11.8. The number of carbonyl (C=O) groups excluding carboxylic acids is 1. The quantitative estimate of drug-likeness (QED) is 0.266. The van der Waals surface area contributed by atoms with Gasteiger partial charge in [0, 0.05) is 38.8 Å². The number of amides is 1. The van der Waals surface area contributed by atoms with Crippen LogP contribution >= 0.6 is 24.0 Å². The Morgan fingerprint density at radius 2 is 2.25 bits per heavy atom. The highest BCUT2D eigenvalue weighted by atomic mass is 35.5. The van der Waals surface area contributed by atoms with E-state index in [-0.39, 0.29) is 17.8 Å². The first-order valence-corrected chi connectivity index (χ1v) is 7.57. The van der Waals surface area contributed by atoms with Crippen molar-refractivity contribution >= 4 is 36.1 Å². The molecule has 114 valence electrons. The van der Waals surface area contributed by atoms with Gasteiger partial charge in [-0.25, -0.2) is 0 Å². The molecule has 0 radical (unpaired) electrons. The number of piperidine rings is 1. The first kappa shape index (κ1) is 17.1. The number of likely N-dealkylation sites (tertiary alicyclic amines) is 1. The monoisotopic (exact) mass is 320 g/mol. The normalized spacial score (nSPS) is 18.0. The molecule has 0 spiro atoms. The van der Waals surface area contributed by atoms with Crippen LogP contribution in [0.25, 0.3) is 0 Å². The van der Waals surface area contributed by atoms with Crippen molar-refractivity contribution in [3.05, 3.63) is 12.0 Å². The number of halogens is 1. The van der Waals surface area contributed by atoms with Crippen LogP contribution in [-0.4, -0.2) is 47.0 Å². The zero-order chi connectivity index (χ0) is 15.0. The van der Waals surface area contributed by atoms with Crippen LogP contribution in [0.3, 0.4) is 0 Å². The lowest BCUT2D eigenvalue weighted by molar-refractivity contribution is -0.131. The smallest absolute Gasteiger partial charge is 0.222 e. The summed E-state index contributed by atoms with van der Waals surface area (Å²) in [6.07, 6.45) is 5.58. The highest BCUT2D eigenvalue weighted by Crippen LogP contribution is 2.15. The number of carbonyl (C=O) groups is 1. The van der Waals surface area contributed by atoms with Crippen molar-refractivity contribution in [2.75, 3.05) is 20.1 Å². The standard InChI is InChI=1S/C12H21ClN4O2S/c1-3-12(18)17-8-5-10(6-9-17)15-7-4-11(14)19-20-16(2)13/h4,7,10H,3,5-6,8-9,14H2,1-2H3. The fraction of sp³-hybridized carbons (Fsp3) is 0.667. The van der Waals surface area contributed by atoms with Crippen LogP contribution in [-0.2, 0) is 8.98 Å². The Morgan fingerprint density at radius 1 is 1.60 bits per heavy atom. The molecule has 6 nitrogen and oxygen atoms in total. The molecule has 1 heterocycles. The van der Waals surface area contributed by atoms with E-state index in [9.17, 15) is 4.79 Å². The van der Waals surface area contributed by atoms with Gasteiger partial charge >= 0.3 is 0 Å². The van der Waals surface area contributed by atoms with Crippen molar-refractivity contribution in [3.63, 3.8) is 0 Å². The van der Waals surface area contributed by atoms with Gasteiger partial charge in [-0.1, -0.05) is 6.92 Å². The first-order valence-electron chi connectivity index (χ1n) is 6.53. The van der Waals surface area contributed by atoms with E-state index >= 15 is 0 Å². The molecule has 0 aliphatic carbocycles. The lowest BCUT2D eigenvalue weighted by atomic mass is 10.1. The summed E-state index contributed by atoms with van der Waals surface area (Å²) in [6.45, 7) is 3.44. The molecule has 2 N–H and O–H groups in total. The third kappa shape index (κ3) is 6.49. The highest BCUT2D eigenvalue weighted by Gasteiger charge is 2.20. The molecule has 8 heteroatoms. The second kappa shape index (κ2) is 9.10. The molecule has 0 bridgehead atoms. The molecule has 1 aliphatic heterocycles. The number of aliphatic imine (C=N–C) groups is 1. The van der Waals surface area contributed by atoms with Crippen LogP contribution in [0.2, 0.25) is 0 Å². The molecule has 1 saturated heterocycles. The Bertz CT molecular complexity index is 368. The Labute approximate surface area is 129 Å². The average Bonchev–Trinajstić information content (AvgIpc) is 2.45. The predicted molar refractivity (Wildman–Crippen MR) is 82.9 cm³/mol. The SMILES string of the molecule is CCC(=O)N1CCC(N=CC=C(N)OSN(C)Cl)CC1. The fourth-order valence-corrected chi connectivity index (χ4v) is 2.18. The minimum Gasteiger partial charge on any atom is -0.391 e. The van der Waals surface area contributed by atoms with Crippen molar-refractivity contribution in [3.8, 4) is 0 Å². The molecular formula is C12H21ClN4O2S. The van der Waals surface area contributed by atoms with Crippen LogP contribution in [0.5, 0.6) is 0 Å². The van der Waals surface area contributed by atoms with E-state index in [1.54, 1.807) is 19.3 Å². The molecule has 0 aromatic heterocycles. The molecule has 0 atom stereocenters. The van der Waals surface area contributed by atoms with Crippen molar-refractivity contribution in [2.24, 2.45) is 10.7 Å². The predicted octanol–water partition coefficient (Wildman–Crippen LogP) is 1.92. The van der Waals surface area contributed by atoms with Gasteiger partial charge in [0.2, 0.25) is 11.8 Å². The fourth-order valence-electron chi connectivity index (χ4n) is 1.85. The second-order valence-electron chi connectivity index (χ2n) is 4.41. The van der Waals surface area contributed by atoms with E-state index < -0.39 is 0 Å². The van der Waals surface area contributed by atoms with E-state index in [0.29, 0.717) is 6.42 Å². The van der Waals surface area contributed by atoms with Gasteiger partial charge < -0.3 is 14.8 Å². The number of hydrogen-bond acceptors (Lipinski definition) is 6. The Hall–Kier alpha value is -0.920. The Balaban J connectivity index is 2.30. The first-order chi connectivity index (χ1) is 9.52. The van der Waals surface area contributed by atoms with Gasteiger partial charge in [0.25, 0.3) is 0 Å². The van der Waals surface area contributed by atoms with E-state index in [1.807, 2.05) is 11.8 Å². The van der Waals surface area contributed by atoms with Crippen molar-refractivity contribution < 1.29 is 8.98 Å². The Kier molecular flexibility index (Phi) is 7.79. The van der Waals surface area contributed by atoms with E-state index in [1.165, 1.54) is 3.82 Å². The van der Waals surface area contributed by atoms with Crippen molar-refractivity contribution in [2.45, 2.75) is 32.2 Å². The third-order valence-electron chi connectivity index (χ3n) is 2.89. The molecular weight excluding hydrogens is 300 g/mol. The lowest BCUT2D eigenvalue weighted by Gasteiger charge is -2.29. The van der Waals surface area contributed by atoms with Gasteiger partial charge in [0.15, 0.2) is 12.2 Å². The molecule has 0 saturated carbocycles. The topological polar surface area (TPSA) is 71.2 Å². The van der Waals surface area contributed by atoms with E-state index in [2.05, 4.69) is 4.99 Å². The van der Waals surface area contributed by atoms with Crippen molar-refractivity contribution in [1.29, 1.82) is 0 Å². The van der Waals surface area contributed by atoms with Crippen LogP contribution in [0.1, 0.15) is 26.2 Å². The van der Waals surface area contributed by atoms with Crippen LogP contribution in [0, 0.1) is 0 Å². The number of allylic oxidation sites excluding steroid dienone is 1. The van der Waals surface area contributed by atoms with Gasteiger partial charge in [0.05, 0.1) is 6.04 Å². The largest absolute Gasteiger partial charge is 0.391 e. The lowest BCUT2D eigenvalue weighted by Crippen LogP contribution is -2.39. The minimum atomic E-state index is 0.215. The zero-order valence-corrected chi connectivity index (χ0v) is 13.4. The van der Waals surface area contributed by atoms with Gasteiger partial charge in [0.1, 0.15) is 0 Å². The van der Waals surface area contributed by atoms with Gasteiger partial charge in [-0.2, -0.15) is 0 Å². The van der Waals surface area contributed by atoms with Gasteiger partial charge in [-0.3, -0.25) is 9.79 Å². The summed E-state index contributed by atoms with van der Waals surface area (Å²) in [7, 11) is 1.64. The summed E-state index contributed by atoms with van der Waals surface area (Å²) in [5.41, 5.74) is 5.61. The summed E-state index contributed by atoms with van der Waals surface area (Å²) in [5.74, 6) is 0.456. The van der Waals surface area contributed by atoms with Crippen LogP contribution < -0.4 is 5.73 Å². The number of nitrogens with zero attached hydrogens (tertiary/aromatic N) is 3.